The van der Waals surface area contributed by atoms with E-state index in [0.29, 0.717) is 5.88 Å². The van der Waals surface area contributed by atoms with Crippen molar-refractivity contribution in [2.75, 3.05) is 18.3 Å². The van der Waals surface area contributed by atoms with Gasteiger partial charge in [0.15, 0.2) is 0 Å². The van der Waals surface area contributed by atoms with Gasteiger partial charge in [-0.15, -0.1) is 11.6 Å². The lowest BCUT2D eigenvalue weighted by Gasteiger charge is -2.10. The fourth-order valence-corrected chi connectivity index (χ4v) is 2.16. The van der Waals surface area contributed by atoms with Crippen LogP contribution in [0.3, 0.4) is 0 Å². The summed E-state index contributed by atoms with van der Waals surface area (Å²) in [6, 6.07) is 16.4. The molecular weight excluding hydrogens is 258 g/mol. The zero-order valence-electron chi connectivity index (χ0n) is 11.0. The van der Waals surface area contributed by atoms with Crippen molar-refractivity contribution in [2.45, 2.75) is 13.0 Å². The van der Waals surface area contributed by atoms with Crippen molar-refractivity contribution in [3.8, 4) is 5.75 Å². The second-order valence-corrected chi connectivity index (χ2v) is 4.68. The van der Waals surface area contributed by atoms with Crippen LogP contribution >= 0.6 is 11.6 Å². The zero-order valence-corrected chi connectivity index (χ0v) is 11.8. The van der Waals surface area contributed by atoms with Gasteiger partial charge in [0.2, 0.25) is 0 Å². The first-order chi connectivity index (χ1) is 9.33. The van der Waals surface area contributed by atoms with Crippen LogP contribution in [0.1, 0.15) is 11.1 Å². The van der Waals surface area contributed by atoms with E-state index in [1.807, 2.05) is 18.2 Å². The van der Waals surface area contributed by atoms with E-state index in [-0.39, 0.29) is 0 Å². The third kappa shape index (κ3) is 3.90. The highest BCUT2D eigenvalue weighted by Crippen LogP contribution is 2.19. The molecule has 0 spiro atoms. The number of halogens is 1. The predicted molar refractivity (Wildman–Crippen MR) is 81.2 cm³/mol. The van der Waals surface area contributed by atoms with Crippen molar-refractivity contribution in [3.05, 3.63) is 59.7 Å². The van der Waals surface area contributed by atoms with Gasteiger partial charge < -0.3 is 10.1 Å². The van der Waals surface area contributed by atoms with E-state index in [0.717, 1.165) is 30.0 Å². The molecule has 1 N–H and O–H groups in total. The van der Waals surface area contributed by atoms with Gasteiger partial charge in [-0.3, -0.25) is 0 Å². The second kappa shape index (κ2) is 7.05. The van der Waals surface area contributed by atoms with Crippen molar-refractivity contribution in [3.63, 3.8) is 0 Å². The van der Waals surface area contributed by atoms with Crippen molar-refractivity contribution < 1.29 is 4.74 Å². The fourth-order valence-electron chi connectivity index (χ4n) is 1.94. The van der Waals surface area contributed by atoms with Crippen molar-refractivity contribution in [2.24, 2.45) is 0 Å². The summed E-state index contributed by atoms with van der Waals surface area (Å²) in [6.45, 7) is 0.749. The molecule has 0 amide bonds. The van der Waals surface area contributed by atoms with Crippen LogP contribution < -0.4 is 10.1 Å². The Bertz CT molecular complexity index is 510. The first kappa shape index (κ1) is 13.8. The Morgan fingerprint density at radius 3 is 2.47 bits per heavy atom. The minimum atomic E-state index is 0.661. The van der Waals surface area contributed by atoms with Gasteiger partial charge in [0.1, 0.15) is 5.75 Å². The predicted octanol–water partition coefficient (Wildman–Crippen LogP) is 4.09. The Morgan fingerprint density at radius 1 is 1.05 bits per heavy atom. The Kier molecular flexibility index (Phi) is 5.10. The van der Waals surface area contributed by atoms with Crippen LogP contribution in [0.25, 0.3) is 0 Å². The SMILES string of the molecule is COc1ccccc1CNc1ccc(CCCl)cc1. The number of hydrogen-bond donors (Lipinski definition) is 1. The van der Waals surface area contributed by atoms with E-state index >= 15 is 0 Å². The minimum absolute atomic E-state index is 0.661. The normalized spacial score (nSPS) is 10.2. The molecule has 2 nitrogen and oxygen atoms in total. The molecule has 0 aliphatic rings. The van der Waals surface area contributed by atoms with Crippen LogP contribution in [0.5, 0.6) is 5.75 Å². The lowest BCUT2D eigenvalue weighted by molar-refractivity contribution is 0.410. The molecule has 0 saturated carbocycles. The molecule has 100 valence electrons. The molecule has 0 aliphatic heterocycles. The number of anilines is 1. The highest BCUT2D eigenvalue weighted by molar-refractivity contribution is 6.17. The van der Waals surface area contributed by atoms with Gasteiger partial charge in [-0.25, -0.2) is 0 Å². The van der Waals surface area contributed by atoms with Crippen LogP contribution in [0.2, 0.25) is 0 Å². The molecule has 3 heteroatoms. The lowest BCUT2D eigenvalue weighted by atomic mass is 10.1. The number of ether oxygens (including phenoxy) is 1. The summed E-state index contributed by atoms with van der Waals surface area (Å²) in [5, 5.41) is 3.39. The van der Waals surface area contributed by atoms with Gasteiger partial charge in [0, 0.05) is 23.7 Å². The van der Waals surface area contributed by atoms with E-state index in [9.17, 15) is 0 Å². The van der Waals surface area contributed by atoms with E-state index in [1.54, 1.807) is 7.11 Å². The number of alkyl halides is 1. The molecule has 0 unspecified atom stereocenters. The van der Waals surface area contributed by atoms with Gasteiger partial charge in [0.05, 0.1) is 7.11 Å². The third-order valence-corrected chi connectivity index (χ3v) is 3.20. The molecule has 2 rings (SSSR count). The number of aryl methyl sites for hydroxylation is 1. The summed E-state index contributed by atoms with van der Waals surface area (Å²) in [7, 11) is 1.69. The monoisotopic (exact) mass is 275 g/mol. The van der Waals surface area contributed by atoms with E-state index < -0.39 is 0 Å². The van der Waals surface area contributed by atoms with Gasteiger partial charge in [-0.05, 0) is 30.2 Å². The number of rotatable bonds is 6. The van der Waals surface area contributed by atoms with Crippen LogP contribution in [0.15, 0.2) is 48.5 Å². The second-order valence-electron chi connectivity index (χ2n) is 4.30. The van der Waals surface area contributed by atoms with Crippen molar-refractivity contribution in [1.82, 2.24) is 0 Å². The molecule has 0 saturated heterocycles. The molecule has 0 aromatic heterocycles. The molecule has 2 aromatic rings. The van der Waals surface area contributed by atoms with Gasteiger partial charge in [-0.2, -0.15) is 0 Å². The molecule has 2 aromatic carbocycles. The number of hydrogen-bond acceptors (Lipinski definition) is 2. The maximum atomic E-state index is 5.72. The van der Waals surface area contributed by atoms with Gasteiger partial charge in [-0.1, -0.05) is 30.3 Å². The standard InChI is InChI=1S/C16H18ClNO/c1-19-16-5-3-2-4-14(16)12-18-15-8-6-13(7-9-15)10-11-17/h2-9,18H,10-12H2,1H3. The number of methoxy groups -OCH3 is 1. The summed E-state index contributed by atoms with van der Waals surface area (Å²) in [6.07, 6.45) is 0.911. The molecule has 0 atom stereocenters. The number of nitrogens with one attached hydrogen (secondary N) is 1. The molecule has 0 fully saturated rings. The molecule has 19 heavy (non-hydrogen) atoms. The van der Waals surface area contributed by atoms with Crippen LogP contribution in [-0.2, 0) is 13.0 Å². The quantitative estimate of drug-likeness (QED) is 0.802. The maximum absolute atomic E-state index is 5.72. The van der Waals surface area contributed by atoms with Gasteiger partial charge >= 0.3 is 0 Å². The fraction of sp³-hybridized carbons (Fsp3) is 0.250. The van der Waals surface area contributed by atoms with Crippen LogP contribution in [0.4, 0.5) is 5.69 Å². The minimum Gasteiger partial charge on any atom is -0.496 e. The summed E-state index contributed by atoms with van der Waals surface area (Å²) < 4.78 is 5.33. The summed E-state index contributed by atoms with van der Waals surface area (Å²) in [4.78, 5) is 0. The average molecular weight is 276 g/mol. The summed E-state index contributed by atoms with van der Waals surface area (Å²) in [5.41, 5.74) is 3.51. The average Bonchev–Trinajstić information content (AvgIpc) is 2.47. The number of benzene rings is 2. The van der Waals surface area contributed by atoms with Gasteiger partial charge in [0.25, 0.3) is 0 Å². The highest BCUT2D eigenvalue weighted by atomic mass is 35.5. The smallest absolute Gasteiger partial charge is 0.123 e. The molecular formula is C16H18ClNO. The summed E-state index contributed by atoms with van der Waals surface area (Å²) in [5.74, 6) is 1.57. The molecule has 0 aliphatic carbocycles. The topological polar surface area (TPSA) is 21.3 Å². The van der Waals surface area contributed by atoms with Crippen molar-refractivity contribution in [1.29, 1.82) is 0 Å². The highest BCUT2D eigenvalue weighted by Gasteiger charge is 2.01. The van der Waals surface area contributed by atoms with E-state index in [2.05, 4.69) is 35.6 Å². The van der Waals surface area contributed by atoms with E-state index in [4.69, 9.17) is 16.3 Å². The molecule has 0 radical (unpaired) electrons. The van der Waals surface area contributed by atoms with Crippen molar-refractivity contribution >= 4 is 17.3 Å². The Morgan fingerprint density at radius 2 is 1.79 bits per heavy atom. The molecule has 0 heterocycles. The number of para-hydroxylation sites is 1. The molecule has 0 bridgehead atoms. The Balaban J connectivity index is 1.98. The van der Waals surface area contributed by atoms with E-state index in [1.165, 1.54) is 5.56 Å². The Hall–Kier alpha value is -1.67. The maximum Gasteiger partial charge on any atom is 0.123 e. The zero-order chi connectivity index (χ0) is 13.5. The summed E-state index contributed by atoms with van der Waals surface area (Å²) >= 11 is 5.72. The first-order valence-electron chi connectivity index (χ1n) is 6.34. The Labute approximate surface area is 119 Å². The third-order valence-electron chi connectivity index (χ3n) is 3.01. The lowest BCUT2D eigenvalue weighted by Crippen LogP contribution is -2.01. The van der Waals surface area contributed by atoms with Crippen LogP contribution in [0, 0.1) is 0 Å². The largest absolute Gasteiger partial charge is 0.496 e. The first-order valence-corrected chi connectivity index (χ1v) is 6.87. The van der Waals surface area contributed by atoms with Crippen LogP contribution in [-0.4, -0.2) is 13.0 Å².